The van der Waals surface area contributed by atoms with Gasteiger partial charge in [-0.25, -0.2) is 9.59 Å². The number of fused-ring (bicyclic) bond motifs is 3. The minimum atomic E-state index is -1.09. The highest BCUT2D eigenvalue weighted by Crippen LogP contribution is 2.44. The molecule has 0 heterocycles. The van der Waals surface area contributed by atoms with Gasteiger partial charge < -0.3 is 20.5 Å². The van der Waals surface area contributed by atoms with E-state index in [-0.39, 0.29) is 18.1 Å². The molecule has 0 saturated heterocycles. The first kappa shape index (κ1) is 21.1. The van der Waals surface area contributed by atoms with Crippen molar-refractivity contribution >= 4 is 23.7 Å². The maximum absolute atomic E-state index is 12.4. The fourth-order valence-electron chi connectivity index (χ4n) is 3.86. The van der Waals surface area contributed by atoms with Crippen LogP contribution in [0.15, 0.2) is 72.8 Å². The Morgan fingerprint density at radius 2 is 1.56 bits per heavy atom. The molecule has 7 heteroatoms. The van der Waals surface area contributed by atoms with E-state index < -0.39 is 24.0 Å². The van der Waals surface area contributed by atoms with Crippen LogP contribution in [0.4, 0.5) is 10.5 Å². The number of hydrogen-bond acceptors (Lipinski definition) is 4. The number of hydrogen-bond donors (Lipinski definition) is 3. The third-order valence-corrected chi connectivity index (χ3v) is 5.45. The number of nitrogens with one attached hydrogen (secondary N) is 2. The molecular formula is C25H22N2O5. The van der Waals surface area contributed by atoms with Gasteiger partial charge >= 0.3 is 12.1 Å². The summed E-state index contributed by atoms with van der Waals surface area (Å²) in [7, 11) is 0. The number of carboxylic acid groups (broad SMARTS) is 1. The molecule has 0 saturated carbocycles. The highest BCUT2D eigenvalue weighted by Gasteiger charge is 2.29. The number of ether oxygens (including phenoxy) is 1. The molecule has 0 radical (unpaired) electrons. The second-order valence-corrected chi connectivity index (χ2v) is 7.57. The average molecular weight is 430 g/mol. The van der Waals surface area contributed by atoms with Crippen molar-refractivity contribution in [2.75, 3.05) is 11.9 Å². The molecule has 2 amide bonds. The zero-order valence-electron chi connectivity index (χ0n) is 17.4. The molecule has 1 atom stereocenters. The summed E-state index contributed by atoms with van der Waals surface area (Å²) in [5.41, 5.74) is 4.86. The molecule has 32 heavy (non-hydrogen) atoms. The van der Waals surface area contributed by atoms with Crippen LogP contribution >= 0.6 is 0 Å². The molecule has 3 aromatic rings. The maximum atomic E-state index is 12.4. The molecule has 1 aliphatic rings. The van der Waals surface area contributed by atoms with E-state index in [2.05, 4.69) is 22.8 Å². The Balaban J connectivity index is 1.36. The van der Waals surface area contributed by atoms with Crippen LogP contribution in [-0.2, 0) is 9.53 Å². The summed E-state index contributed by atoms with van der Waals surface area (Å²) < 4.78 is 5.45. The van der Waals surface area contributed by atoms with E-state index >= 15 is 0 Å². The van der Waals surface area contributed by atoms with E-state index in [1.165, 1.54) is 25.1 Å². The summed E-state index contributed by atoms with van der Waals surface area (Å²) in [5.74, 6) is -1.65. The number of alkyl carbamates (subject to hydrolysis) is 1. The lowest BCUT2D eigenvalue weighted by Gasteiger charge is -2.17. The van der Waals surface area contributed by atoms with Crippen molar-refractivity contribution in [3.05, 3.63) is 89.5 Å². The Labute approximate surface area is 185 Å². The summed E-state index contributed by atoms with van der Waals surface area (Å²) >= 11 is 0. The van der Waals surface area contributed by atoms with Gasteiger partial charge in [-0.2, -0.15) is 0 Å². The van der Waals surface area contributed by atoms with Crippen LogP contribution in [0.1, 0.15) is 34.3 Å². The molecule has 162 valence electrons. The molecule has 0 bridgehead atoms. The van der Waals surface area contributed by atoms with Gasteiger partial charge in [0.2, 0.25) is 5.91 Å². The van der Waals surface area contributed by atoms with Crippen LogP contribution in [0.25, 0.3) is 11.1 Å². The van der Waals surface area contributed by atoms with Gasteiger partial charge in [0.1, 0.15) is 12.6 Å². The van der Waals surface area contributed by atoms with Crippen molar-refractivity contribution in [3.8, 4) is 11.1 Å². The van der Waals surface area contributed by atoms with Crippen LogP contribution in [0, 0.1) is 0 Å². The predicted molar refractivity (Wildman–Crippen MR) is 120 cm³/mol. The first-order chi connectivity index (χ1) is 15.4. The van der Waals surface area contributed by atoms with Crippen LogP contribution in [0.5, 0.6) is 0 Å². The van der Waals surface area contributed by atoms with Crippen LogP contribution in [0.3, 0.4) is 0 Å². The number of anilines is 1. The van der Waals surface area contributed by atoms with Gasteiger partial charge in [-0.05, 0) is 47.4 Å². The van der Waals surface area contributed by atoms with E-state index in [1.54, 1.807) is 6.07 Å². The molecular weight excluding hydrogens is 408 g/mol. The quantitative estimate of drug-likeness (QED) is 0.542. The molecule has 7 nitrogen and oxygen atoms in total. The minimum Gasteiger partial charge on any atom is -0.478 e. The van der Waals surface area contributed by atoms with Gasteiger partial charge in [0.15, 0.2) is 0 Å². The number of benzene rings is 3. The lowest BCUT2D eigenvalue weighted by molar-refractivity contribution is -0.117. The highest BCUT2D eigenvalue weighted by molar-refractivity contribution is 5.97. The lowest BCUT2D eigenvalue weighted by atomic mass is 9.98. The van der Waals surface area contributed by atoms with Crippen molar-refractivity contribution in [3.63, 3.8) is 0 Å². The molecule has 1 aliphatic carbocycles. The summed E-state index contributed by atoms with van der Waals surface area (Å²) in [6.07, 6.45) is -0.700. The molecule has 0 fully saturated rings. The summed E-state index contributed by atoms with van der Waals surface area (Å²) in [6, 6.07) is 21.1. The summed E-state index contributed by atoms with van der Waals surface area (Å²) in [4.78, 5) is 35.8. The van der Waals surface area contributed by atoms with Crippen molar-refractivity contribution in [2.24, 2.45) is 0 Å². The van der Waals surface area contributed by atoms with Gasteiger partial charge in [-0.1, -0.05) is 54.6 Å². The predicted octanol–water partition coefficient (Wildman–Crippen LogP) is 4.25. The molecule has 3 N–H and O–H groups in total. The van der Waals surface area contributed by atoms with Crippen molar-refractivity contribution in [1.82, 2.24) is 5.32 Å². The maximum Gasteiger partial charge on any atom is 0.407 e. The Morgan fingerprint density at radius 1 is 0.938 bits per heavy atom. The first-order valence-corrected chi connectivity index (χ1v) is 10.2. The number of carbonyl (C=O) groups excluding carboxylic acids is 2. The number of rotatable bonds is 6. The largest absolute Gasteiger partial charge is 0.478 e. The zero-order valence-corrected chi connectivity index (χ0v) is 17.4. The standard InChI is InChI=1S/C25H22N2O5/c1-15(23(28)27-17-8-6-7-16(13-17)24(29)30)26-25(31)32-14-22-20-11-4-2-9-18(20)19-10-3-5-12-21(19)22/h2-13,15,22H,14H2,1H3,(H,26,31)(H,27,28)(H,29,30)/t15-/m1/s1. The fourth-order valence-corrected chi connectivity index (χ4v) is 3.86. The first-order valence-electron chi connectivity index (χ1n) is 10.2. The van der Waals surface area contributed by atoms with Crippen LogP contribution in [-0.4, -0.2) is 35.7 Å². The molecule has 0 spiro atoms. The highest BCUT2D eigenvalue weighted by atomic mass is 16.5. The second kappa shape index (κ2) is 8.93. The van der Waals surface area contributed by atoms with E-state index in [4.69, 9.17) is 9.84 Å². The van der Waals surface area contributed by atoms with Gasteiger partial charge in [0.25, 0.3) is 0 Å². The molecule has 0 aliphatic heterocycles. The molecule has 0 unspecified atom stereocenters. The Kier molecular flexibility index (Phi) is 5.89. The second-order valence-electron chi connectivity index (χ2n) is 7.57. The molecule has 0 aromatic heterocycles. The van der Waals surface area contributed by atoms with Gasteiger partial charge in [-0.15, -0.1) is 0 Å². The Morgan fingerprint density at radius 3 is 2.19 bits per heavy atom. The molecule has 3 aromatic carbocycles. The van der Waals surface area contributed by atoms with Gasteiger partial charge in [0, 0.05) is 11.6 Å². The van der Waals surface area contributed by atoms with E-state index in [1.807, 2.05) is 36.4 Å². The van der Waals surface area contributed by atoms with E-state index in [0.717, 1.165) is 22.3 Å². The van der Waals surface area contributed by atoms with Gasteiger partial charge in [-0.3, -0.25) is 4.79 Å². The Bertz CT molecular complexity index is 1140. The topological polar surface area (TPSA) is 105 Å². The van der Waals surface area contributed by atoms with Gasteiger partial charge in [0.05, 0.1) is 5.56 Å². The van der Waals surface area contributed by atoms with Crippen molar-refractivity contribution < 1.29 is 24.2 Å². The third kappa shape index (κ3) is 4.32. The zero-order chi connectivity index (χ0) is 22.7. The monoisotopic (exact) mass is 430 g/mol. The van der Waals surface area contributed by atoms with Crippen LogP contribution in [0.2, 0.25) is 0 Å². The number of carbonyl (C=O) groups is 3. The SMILES string of the molecule is C[C@@H](NC(=O)OCC1c2ccccc2-c2ccccc21)C(=O)Nc1cccc(C(=O)O)c1. The van der Waals surface area contributed by atoms with Crippen molar-refractivity contribution in [1.29, 1.82) is 0 Å². The molecule has 4 rings (SSSR count). The normalized spacial score (nSPS) is 12.9. The smallest absolute Gasteiger partial charge is 0.407 e. The summed E-state index contributed by atoms with van der Waals surface area (Å²) in [5, 5.41) is 14.2. The van der Waals surface area contributed by atoms with Crippen molar-refractivity contribution in [2.45, 2.75) is 18.9 Å². The average Bonchev–Trinajstić information content (AvgIpc) is 3.11. The Hall–Kier alpha value is -4.13. The van der Waals surface area contributed by atoms with E-state index in [9.17, 15) is 14.4 Å². The third-order valence-electron chi connectivity index (χ3n) is 5.45. The minimum absolute atomic E-state index is 0.0555. The lowest BCUT2D eigenvalue weighted by Crippen LogP contribution is -2.42. The number of carboxylic acids is 1. The van der Waals surface area contributed by atoms with E-state index in [0.29, 0.717) is 5.69 Å². The number of aromatic carboxylic acids is 1. The fraction of sp³-hybridized carbons (Fsp3) is 0.160. The van der Waals surface area contributed by atoms with Crippen LogP contribution < -0.4 is 10.6 Å². The summed E-state index contributed by atoms with van der Waals surface area (Å²) in [6.45, 7) is 1.67. The number of amides is 2.